The Bertz CT molecular complexity index is 857. The zero-order chi connectivity index (χ0) is 17.8. The van der Waals surface area contributed by atoms with Crippen molar-refractivity contribution >= 4 is 29.2 Å². The minimum atomic E-state index is -0.378. The molecule has 3 fully saturated rings. The van der Waals surface area contributed by atoms with Crippen LogP contribution in [0.3, 0.4) is 0 Å². The maximum atomic E-state index is 13.1. The first-order valence-corrected chi connectivity index (χ1v) is 9.75. The third kappa shape index (κ3) is 2.73. The molecular weight excluding hydrogens is 375 g/mol. The highest BCUT2D eigenvalue weighted by Crippen LogP contribution is 2.46. The Morgan fingerprint density at radius 1 is 1.23 bits per heavy atom. The number of nitrogens with zero attached hydrogens (tertiary/aromatic N) is 1. The Balaban J connectivity index is 1.52. The normalized spacial score (nSPS) is 27.1. The molecule has 1 N–H and O–H groups in total. The molecule has 1 saturated heterocycles. The summed E-state index contributed by atoms with van der Waals surface area (Å²) >= 11 is 12.7. The first-order valence-electron chi connectivity index (χ1n) is 9.00. The van der Waals surface area contributed by atoms with E-state index in [4.69, 9.17) is 32.5 Å². The second-order valence-electron chi connectivity index (χ2n) is 7.42. The van der Waals surface area contributed by atoms with Gasteiger partial charge >= 0.3 is 5.97 Å². The molecule has 0 spiro atoms. The minimum absolute atomic E-state index is 0.0507. The fourth-order valence-corrected chi connectivity index (χ4v) is 4.72. The van der Waals surface area contributed by atoms with Gasteiger partial charge in [-0.3, -0.25) is 0 Å². The number of ether oxygens (including phenoxy) is 1. The second-order valence-corrected chi connectivity index (χ2v) is 8.24. The van der Waals surface area contributed by atoms with Gasteiger partial charge < -0.3 is 14.6 Å². The number of aromatic nitrogens is 1. The highest BCUT2D eigenvalue weighted by Gasteiger charge is 2.43. The predicted molar refractivity (Wildman–Crippen MR) is 97.7 cm³/mol. The lowest BCUT2D eigenvalue weighted by atomic mass is 10.0. The van der Waals surface area contributed by atoms with Crippen molar-refractivity contribution in [2.45, 2.75) is 43.7 Å². The number of esters is 1. The number of hydrogen-bond acceptors (Lipinski definition) is 5. The van der Waals surface area contributed by atoms with Crippen LogP contribution in [0.2, 0.25) is 10.0 Å². The van der Waals surface area contributed by atoms with Crippen molar-refractivity contribution in [1.82, 2.24) is 10.5 Å². The summed E-state index contributed by atoms with van der Waals surface area (Å²) in [5.74, 6) is 0.834. The van der Waals surface area contributed by atoms with Crippen molar-refractivity contribution in [3.63, 3.8) is 0 Å². The van der Waals surface area contributed by atoms with Gasteiger partial charge in [-0.15, -0.1) is 0 Å². The van der Waals surface area contributed by atoms with Crippen molar-refractivity contribution in [2.24, 2.45) is 5.92 Å². The highest BCUT2D eigenvalue weighted by molar-refractivity contribution is 6.39. The molecule has 2 bridgehead atoms. The molecule has 2 saturated carbocycles. The lowest BCUT2D eigenvalue weighted by molar-refractivity contribution is 0.0177. The van der Waals surface area contributed by atoms with E-state index in [0.717, 1.165) is 32.2 Å². The van der Waals surface area contributed by atoms with Crippen LogP contribution in [0, 0.1) is 5.92 Å². The van der Waals surface area contributed by atoms with Gasteiger partial charge in [-0.05, 0) is 31.4 Å². The molecule has 26 heavy (non-hydrogen) atoms. The molecule has 2 aromatic rings. The Labute approximate surface area is 161 Å². The second kappa shape index (κ2) is 6.25. The molecule has 1 aliphatic heterocycles. The van der Waals surface area contributed by atoms with Crippen LogP contribution in [-0.4, -0.2) is 29.8 Å². The number of rotatable bonds is 4. The summed E-state index contributed by atoms with van der Waals surface area (Å²) in [6.45, 7) is 0.908. The van der Waals surface area contributed by atoms with Crippen LogP contribution in [0.1, 0.15) is 47.7 Å². The van der Waals surface area contributed by atoms with Gasteiger partial charge in [0.25, 0.3) is 0 Å². The van der Waals surface area contributed by atoms with Crippen LogP contribution < -0.4 is 5.32 Å². The smallest absolute Gasteiger partial charge is 0.344 e. The third-order valence-corrected chi connectivity index (χ3v) is 6.26. The number of carbonyl (C=O) groups is 1. The fraction of sp³-hybridized carbons (Fsp3) is 0.474. The van der Waals surface area contributed by atoms with E-state index in [-0.39, 0.29) is 18.0 Å². The zero-order valence-electron chi connectivity index (χ0n) is 14.0. The molecule has 3 atom stereocenters. The summed E-state index contributed by atoms with van der Waals surface area (Å²) in [4.78, 5) is 13.1. The van der Waals surface area contributed by atoms with Crippen LogP contribution in [-0.2, 0) is 4.74 Å². The summed E-state index contributed by atoms with van der Waals surface area (Å²) in [7, 11) is 0. The third-order valence-electron chi connectivity index (χ3n) is 5.63. The molecule has 1 aromatic heterocycles. The molecule has 1 aromatic carbocycles. The van der Waals surface area contributed by atoms with E-state index in [1.165, 1.54) is 0 Å². The van der Waals surface area contributed by atoms with Crippen molar-refractivity contribution < 1.29 is 14.1 Å². The number of carbonyl (C=O) groups excluding carboxylic acids is 1. The van der Waals surface area contributed by atoms with Crippen molar-refractivity contribution in [2.75, 3.05) is 6.54 Å². The fourth-order valence-electron chi connectivity index (χ4n) is 4.15. The van der Waals surface area contributed by atoms with E-state index >= 15 is 0 Å². The van der Waals surface area contributed by atoms with Gasteiger partial charge in [-0.25, -0.2) is 4.79 Å². The Hall–Kier alpha value is -1.56. The van der Waals surface area contributed by atoms with E-state index < -0.39 is 0 Å². The Morgan fingerprint density at radius 3 is 2.62 bits per heavy atom. The molecule has 0 radical (unpaired) electrons. The van der Waals surface area contributed by atoms with E-state index in [1.807, 2.05) is 0 Å². The van der Waals surface area contributed by atoms with Crippen molar-refractivity contribution in [3.05, 3.63) is 39.6 Å². The quantitative estimate of drug-likeness (QED) is 0.779. The van der Waals surface area contributed by atoms with Crippen LogP contribution >= 0.6 is 23.2 Å². The minimum Gasteiger partial charge on any atom is -0.458 e. The Kier molecular flexibility index (Phi) is 3.99. The van der Waals surface area contributed by atoms with Crippen LogP contribution in [0.5, 0.6) is 0 Å². The van der Waals surface area contributed by atoms with Gasteiger partial charge in [0.15, 0.2) is 5.76 Å². The number of fused-ring (bicyclic) bond motifs is 2. The predicted octanol–water partition coefficient (Wildman–Crippen LogP) is 4.43. The number of benzene rings is 1. The molecule has 0 unspecified atom stereocenters. The standard InChI is InChI=1S/C19H18Cl2N2O3/c20-12-2-1-3-13(21)15(12)17-16(18(26-23-17)9-4-5-9)19(24)25-14-7-11-6-10(14)8-22-11/h1-3,9-11,14,22H,4-8H2/t10-,11-,14+/m0/s1. The van der Waals surface area contributed by atoms with Gasteiger partial charge in [-0.2, -0.15) is 0 Å². The van der Waals surface area contributed by atoms with E-state index in [9.17, 15) is 4.79 Å². The molecule has 5 rings (SSSR count). The molecule has 2 heterocycles. The summed E-state index contributed by atoms with van der Waals surface area (Å²) in [5, 5.41) is 8.46. The molecule has 0 amide bonds. The van der Waals surface area contributed by atoms with Crippen LogP contribution in [0.4, 0.5) is 0 Å². The summed E-state index contributed by atoms with van der Waals surface area (Å²) < 4.78 is 11.4. The van der Waals surface area contributed by atoms with Crippen LogP contribution in [0.25, 0.3) is 11.3 Å². The maximum absolute atomic E-state index is 13.1. The lowest BCUT2D eigenvalue weighted by Gasteiger charge is -2.22. The first-order chi connectivity index (χ1) is 12.6. The largest absolute Gasteiger partial charge is 0.458 e. The number of piperidine rings is 1. The molecule has 3 aliphatic rings. The first kappa shape index (κ1) is 16.6. The highest BCUT2D eigenvalue weighted by atomic mass is 35.5. The van der Waals surface area contributed by atoms with Gasteiger partial charge in [0.1, 0.15) is 17.4 Å². The number of halogens is 2. The van der Waals surface area contributed by atoms with Gasteiger partial charge in [0.05, 0.1) is 10.0 Å². The number of nitrogens with one attached hydrogen (secondary N) is 1. The monoisotopic (exact) mass is 392 g/mol. The summed E-state index contributed by atoms with van der Waals surface area (Å²) in [5.41, 5.74) is 1.29. The molecule has 7 heteroatoms. The van der Waals surface area contributed by atoms with E-state index in [2.05, 4.69) is 10.5 Å². The van der Waals surface area contributed by atoms with Crippen LogP contribution in [0.15, 0.2) is 22.7 Å². The molecular formula is C19H18Cl2N2O3. The summed E-state index contributed by atoms with van der Waals surface area (Å²) in [6, 6.07) is 5.67. The van der Waals surface area contributed by atoms with Crippen molar-refractivity contribution in [1.29, 1.82) is 0 Å². The van der Waals surface area contributed by atoms with E-state index in [0.29, 0.717) is 44.6 Å². The Morgan fingerprint density at radius 2 is 2.00 bits per heavy atom. The SMILES string of the molecule is O=C(O[C@@H]1C[C@@H]2C[C@H]1CN2)c1c(-c2c(Cl)cccc2Cl)noc1C1CC1. The van der Waals surface area contributed by atoms with E-state index in [1.54, 1.807) is 18.2 Å². The zero-order valence-corrected chi connectivity index (χ0v) is 15.5. The van der Waals surface area contributed by atoms with Crippen molar-refractivity contribution in [3.8, 4) is 11.3 Å². The lowest BCUT2D eigenvalue weighted by Crippen LogP contribution is -2.35. The molecule has 136 valence electrons. The summed E-state index contributed by atoms with van der Waals surface area (Å²) in [6.07, 6.45) is 3.86. The molecule has 5 nitrogen and oxygen atoms in total. The topological polar surface area (TPSA) is 64.4 Å². The van der Waals surface area contributed by atoms with Gasteiger partial charge in [0, 0.05) is 36.4 Å². The van der Waals surface area contributed by atoms with Gasteiger partial charge in [0.2, 0.25) is 0 Å². The molecule has 2 aliphatic carbocycles. The average molecular weight is 393 g/mol. The number of hydrogen-bond donors (Lipinski definition) is 1. The van der Waals surface area contributed by atoms with Gasteiger partial charge in [-0.1, -0.05) is 34.4 Å². The average Bonchev–Trinajstić information content (AvgIpc) is 3.03. The maximum Gasteiger partial charge on any atom is 0.344 e.